The molecule has 0 N–H and O–H groups in total. The van der Waals surface area contributed by atoms with E-state index in [0.29, 0.717) is 6.54 Å². The van der Waals surface area contributed by atoms with Crippen LogP contribution in [0.1, 0.15) is 5.56 Å². The molecule has 0 aliphatic rings. The molecule has 0 saturated heterocycles. The Hall–Kier alpha value is -0.310. The molecule has 0 spiro atoms. The lowest BCUT2D eigenvalue weighted by Gasteiger charge is -2.01. The second kappa shape index (κ2) is 3.76. The van der Waals surface area contributed by atoms with E-state index in [1.807, 2.05) is 12.1 Å². The van der Waals surface area contributed by atoms with Crippen LogP contribution in [0.4, 0.5) is 0 Å². The summed E-state index contributed by atoms with van der Waals surface area (Å²) in [6.07, 6.45) is 3.40. The number of halogens is 2. The van der Waals surface area contributed by atoms with Crippen LogP contribution in [-0.4, -0.2) is 8.92 Å². The highest BCUT2D eigenvalue weighted by Gasteiger charge is 1.95. The summed E-state index contributed by atoms with van der Waals surface area (Å²) in [6, 6.07) is 3.72. The van der Waals surface area contributed by atoms with Crippen molar-refractivity contribution in [3.05, 3.63) is 30.1 Å². The van der Waals surface area contributed by atoms with Crippen LogP contribution in [0.3, 0.4) is 0 Å². The van der Waals surface area contributed by atoms with Crippen LogP contribution in [-0.2, 0) is 6.54 Å². The number of pyridine rings is 1. The van der Waals surface area contributed by atoms with Gasteiger partial charge in [-0.3, -0.25) is 4.98 Å². The molecule has 1 aromatic heterocycles. The van der Waals surface area contributed by atoms with E-state index in [9.17, 15) is 0 Å². The molecule has 0 aliphatic carbocycles. The van der Waals surface area contributed by atoms with Gasteiger partial charge in [0.1, 0.15) is 0 Å². The van der Waals surface area contributed by atoms with Gasteiger partial charge in [-0.15, -0.1) is 3.94 Å². The Morgan fingerprint density at radius 3 is 2.40 bits per heavy atom. The highest BCUT2D eigenvalue weighted by Crippen LogP contribution is 2.07. The summed E-state index contributed by atoms with van der Waals surface area (Å²) >= 11 is 10.8. The third kappa shape index (κ3) is 2.52. The lowest BCUT2D eigenvalue weighted by molar-refractivity contribution is 0.703. The fourth-order valence-corrected chi connectivity index (χ4v) is 0.902. The highest BCUT2D eigenvalue weighted by molar-refractivity contribution is 6.33. The maximum Gasteiger partial charge on any atom is 0.0555 e. The zero-order valence-corrected chi connectivity index (χ0v) is 6.68. The van der Waals surface area contributed by atoms with E-state index in [-0.39, 0.29) is 0 Å². The Morgan fingerprint density at radius 2 is 1.90 bits per heavy atom. The van der Waals surface area contributed by atoms with Crippen LogP contribution in [0.2, 0.25) is 0 Å². The average molecular weight is 177 g/mol. The first-order chi connectivity index (χ1) is 4.79. The van der Waals surface area contributed by atoms with Gasteiger partial charge in [0.05, 0.1) is 6.54 Å². The molecule has 0 radical (unpaired) electrons. The minimum absolute atomic E-state index is 0.519. The molecule has 2 nitrogen and oxygen atoms in total. The molecule has 10 heavy (non-hydrogen) atoms. The minimum atomic E-state index is 0.519. The quantitative estimate of drug-likeness (QED) is 0.643. The van der Waals surface area contributed by atoms with Crippen molar-refractivity contribution in [1.29, 1.82) is 0 Å². The van der Waals surface area contributed by atoms with Gasteiger partial charge in [-0.05, 0) is 41.2 Å². The van der Waals surface area contributed by atoms with E-state index >= 15 is 0 Å². The van der Waals surface area contributed by atoms with Crippen molar-refractivity contribution in [1.82, 2.24) is 8.92 Å². The summed E-state index contributed by atoms with van der Waals surface area (Å²) in [5.41, 5.74) is 1.04. The predicted molar refractivity (Wildman–Crippen MR) is 41.5 cm³/mol. The van der Waals surface area contributed by atoms with Crippen molar-refractivity contribution in [3.8, 4) is 0 Å². The van der Waals surface area contributed by atoms with Crippen molar-refractivity contribution in [2.24, 2.45) is 0 Å². The standard InChI is InChI=1S/C6H6Cl2N2/c7-10(8)5-6-1-3-9-4-2-6/h1-4H,5H2. The number of hydrogen-bond acceptors (Lipinski definition) is 2. The Labute approximate surface area is 69.6 Å². The van der Waals surface area contributed by atoms with E-state index < -0.39 is 0 Å². The van der Waals surface area contributed by atoms with Gasteiger partial charge in [-0.2, -0.15) is 0 Å². The third-order valence-electron chi connectivity index (χ3n) is 1.05. The molecule has 0 saturated carbocycles. The molecular formula is C6H6Cl2N2. The Balaban J connectivity index is 2.59. The van der Waals surface area contributed by atoms with Crippen LogP contribution < -0.4 is 0 Å². The van der Waals surface area contributed by atoms with E-state index in [4.69, 9.17) is 23.6 Å². The van der Waals surface area contributed by atoms with Gasteiger partial charge in [0, 0.05) is 12.4 Å². The molecule has 54 valence electrons. The lowest BCUT2D eigenvalue weighted by Crippen LogP contribution is -1.96. The second-order valence-corrected chi connectivity index (χ2v) is 2.81. The van der Waals surface area contributed by atoms with Gasteiger partial charge in [0.2, 0.25) is 0 Å². The summed E-state index contributed by atoms with van der Waals surface area (Å²) in [6.45, 7) is 0.519. The molecule has 0 fully saturated rings. The van der Waals surface area contributed by atoms with Crippen LogP contribution in [0.15, 0.2) is 24.5 Å². The first-order valence-electron chi connectivity index (χ1n) is 2.77. The molecular weight excluding hydrogens is 171 g/mol. The zero-order valence-electron chi connectivity index (χ0n) is 5.17. The van der Waals surface area contributed by atoms with Crippen LogP contribution >= 0.6 is 23.6 Å². The molecule has 1 aromatic rings. The molecule has 0 bridgehead atoms. The monoisotopic (exact) mass is 176 g/mol. The fraction of sp³-hybridized carbons (Fsp3) is 0.167. The van der Waals surface area contributed by atoms with E-state index in [1.165, 1.54) is 0 Å². The predicted octanol–water partition coefficient (Wildman–Crippen LogP) is 2.19. The Bertz CT molecular complexity index is 188. The summed E-state index contributed by atoms with van der Waals surface area (Å²) in [5.74, 6) is 0. The van der Waals surface area contributed by atoms with Gasteiger partial charge in [-0.1, -0.05) is 0 Å². The van der Waals surface area contributed by atoms with Gasteiger partial charge in [0.15, 0.2) is 0 Å². The smallest absolute Gasteiger partial charge is 0.0555 e. The van der Waals surface area contributed by atoms with Crippen LogP contribution in [0.25, 0.3) is 0 Å². The molecule has 4 heteroatoms. The second-order valence-electron chi connectivity index (χ2n) is 1.82. The van der Waals surface area contributed by atoms with Gasteiger partial charge in [-0.25, -0.2) is 0 Å². The van der Waals surface area contributed by atoms with Gasteiger partial charge < -0.3 is 0 Å². The molecule has 0 aliphatic heterocycles. The van der Waals surface area contributed by atoms with Gasteiger partial charge in [0.25, 0.3) is 0 Å². The average Bonchev–Trinajstić information content (AvgIpc) is 1.88. The molecule has 0 aromatic carbocycles. The van der Waals surface area contributed by atoms with Crippen LogP contribution in [0.5, 0.6) is 0 Å². The molecule has 1 heterocycles. The van der Waals surface area contributed by atoms with Crippen molar-refractivity contribution < 1.29 is 0 Å². The zero-order chi connectivity index (χ0) is 7.40. The summed E-state index contributed by atoms with van der Waals surface area (Å²) in [5, 5.41) is 0. The molecule has 0 atom stereocenters. The Kier molecular flexibility index (Phi) is 2.93. The lowest BCUT2D eigenvalue weighted by atomic mass is 10.3. The number of rotatable bonds is 2. The number of aromatic nitrogens is 1. The van der Waals surface area contributed by atoms with E-state index in [1.54, 1.807) is 12.4 Å². The first-order valence-corrected chi connectivity index (χ1v) is 3.44. The summed E-state index contributed by atoms with van der Waals surface area (Å²) < 4.78 is 1.08. The van der Waals surface area contributed by atoms with E-state index in [0.717, 1.165) is 9.50 Å². The van der Waals surface area contributed by atoms with E-state index in [2.05, 4.69) is 4.98 Å². The number of nitrogens with zero attached hydrogens (tertiary/aromatic N) is 2. The normalized spacial score (nSPS) is 10.3. The van der Waals surface area contributed by atoms with Crippen molar-refractivity contribution in [3.63, 3.8) is 0 Å². The first kappa shape index (κ1) is 7.79. The third-order valence-corrected chi connectivity index (χ3v) is 1.29. The molecule has 0 unspecified atom stereocenters. The minimum Gasteiger partial charge on any atom is -0.265 e. The topological polar surface area (TPSA) is 16.1 Å². The molecule has 0 amide bonds. The maximum absolute atomic E-state index is 5.39. The Morgan fingerprint density at radius 1 is 1.30 bits per heavy atom. The molecule has 1 rings (SSSR count). The van der Waals surface area contributed by atoms with Crippen molar-refractivity contribution in [2.45, 2.75) is 6.54 Å². The summed E-state index contributed by atoms with van der Waals surface area (Å²) in [7, 11) is 0. The van der Waals surface area contributed by atoms with Crippen LogP contribution in [0, 0.1) is 0 Å². The fourth-order valence-electron chi connectivity index (χ4n) is 0.626. The maximum atomic E-state index is 5.39. The summed E-state index contributed by atoms with van der Waals surface area (Å²) in [4.78, 5) is 3.85. The SMILES string of the molecule is ClN(Cl)Cc1ccncc1. The van der Waals surface area contributed by atoms with Crippen molar-refractivity contribution in [2.75, 3.05) is 0 Å². The largest absolute Gasteiger partial charge is 0.265 e. The van der Waals surface area contributed by atoms with Gasteiger partial charge >= 0.3 is 0 Å². The number of hydrogen-bond donors (Lipinski definition) is 0. The van der Waals surface area contributed by atoms with Crippen molar-refractivity contribution >= 4 is 23.6 Å². The highest BCUT2D eigenvalue weighted by atomic mass is 35.5.